The molecule has 4 rings (SSSR count). The summed E-state index contributed by atoms with van der Waals surface area (Å²) in [7, 11) is -3.15. The Kier molecular flexibility index (Phi) is 5.44. The minimum Gasteiger partial charge on any atom is -0.361 e. The van der Waals surface area contributed by atoms with Crippen LogP contribution in [0.5, 0.6) is 0 Å². The minimum atomic E-state index is -3.15. The molecule has 0 spiro atoms. The van der Waals surface area contributed by atoms with Crippen LogP contribution in [0.2, 0.25) is 0 Å². The lowest BCUT2D eigenvalue weighted by atomic mass is 9.92. The zero-order chi connectivity index (χ0) is 20.6. The Bertz CT molecular complexity index is 994. The molecule has 2 aliphatic rings. The van der Waals surface area contributed by atoms with Crippen LogP contribution in [0.15, 0.2) is 30.5 Å². The van der Waals surface area contributed by atoms with Crippen molar-refractivity contribution in [2.24, 2.45) is 0 Å². The molecule has 1 amide bonds. The van der Waals surface area contributed by atoms with Gasteiger partial charge in [-0.25, -0.2) is 12.7 Å². The summed E-state index contributed by atoms with van der Waals surface area (Å²) >= 11 is 0. The number of sulfonamides is 1. The third kappa shape index (κ3) is 3.93. The average Bonchev–Trinajstić information content (AvgIpc) is 3.34. The van der Waals surface area contributed by atoms with E-state index in [2.05, 4.69) is 16.8 Å². The van der Waals surface area contributed by atoms with Crippen molar-refractivity contribution >= 4 is 26.8 Å². The molecule has 0 aliphatic carbocycles. The lowest BCUT2D eigenvalue weighted by molar-refractivity contribution is -0.133. The molecule has 1 aromatic carbocycles. The van der Waals surface area contributed by atoms with Crippen LogP contribution in [0.3, 0.4) is 0 Å². The van der Waals surface area contributed by atoms with Gasteiger partial charge in [-0.1, -0.05) is 25.1 Å². The fraction of sp³-hybridized carbons (Fsp3) is 0.571. The highest BCUT2D eigenvalue weighted by molar-refractivity contribution is 7.88. The number of carbonyl (C=O) groups excluding carboxylic acids is 1. The van der Waals surface area contributed by atoms with E-state index in [1.807, 2.05) is 35.4 Å². The molecule has 1 N–H and O–H groups in total. The highest BCUT2D eigenvalue weighted by Gasteiger charge is 2.45. The van der Waals surface area contributed by atoms with E-state index in [4.69, 9.17) is 0 Å². The van der Waals surface area contributed by atoms with Crippen molar-refractivity contribution in [2.45, 2.75) is 31.7 Å². The van der Waals surface area contributed by atoms with Gasteiger partial charge < -0.3 is 9.88 Å². The number of piperazine rings is 1. The molecule has 2 aliphatic heterocycles. The van der Waals surface area contributed by atoms with Crippen LogP contribution in [0.4, 0.5) is 0 Å². The van der Waals surface area contributed by atoms with Gasteiger partial charge >= 0.3 is 0 Å². The van der Waals surface area contributed by atoms with Crippen LogP contribution in [-0.4, -0.2) is 84.5 Å². The van der Waals surface area contributed by atoms with Crippen molar-refractivity contribution in [3.63, 3.8) is 0 Å². The molecule has 0 radical (unpaired) electrons. The quantitative estimate of drug-likeness (QED) is 0.801. The van der Waals surface area contributed by atoms with Gasteiger partial charge in [0.05, 0.1) is 12.7 Å². The molecule has 2 fully saturated rings. The third-order valence-electron chi connectivity index (χ3n) is 6.74. The predicted molar refractivity (Wildman–Crippen MR) is 114 cm³/mol. The van der Waals surface area contributed by atoms with Gasteiger partial charge in [0.1, 0.15) is 0 Å². The van der Waals surface area contributed by atoms with E-state index < -0.39 is 10.0 Å². The van der Waals surface area contributed by atoms with E-state index in [0.29, 0.717) is 32.6 Å². The number of aromatic nitrogens is 1. The Balaban J connectivity index is 1.38. The van der Waals surface area contributed by atoms with Crippen molar-refractivity contribution in [2.75, 3.05) is 45.5 Å². The van der Waals surface area contributed by atoms with E-state index in [0.717, 1.165) is 42.4 Å². The smallest absolute Gasteiger partial charge is 0.227 e. The Hall–Kier alpha value is -1.90. The Labute approximate surface area is 172 Å². The summed E-state index contributed by atoms with van der Waals surface area (Å²) in [4.78, 5) is 20.5. The molecule has 2 saturated heterocycles. The summed E-state index contributed by atoms with van der Waals surface area (Å²) in [5.74, 6) is 0.157. The minimum absolute atomic E-state index is 0.102. The van der Waals surface area contributed by atoms with Crippen LogP contribution < -0.4 is 0 Å². The van der Waals surface area contributed by atoms with Crippen LogP contribution in [0.25, 0.3) is 10.9 Å². The van der Waals surface area contributed by atoms with Gasteiger partial charge in [0.25, 0.3) is 0 Å². The maximum Gasteiger partial charge on any atom is 0.227 e. The molecule has 29 heavy (non-hydrogen) atoms. The second-order valence-corrected chi connectivity index (χ2v) is 10.3. The molecule has 1 atom stereocenters. The number of carbonyl (C=O) groups is 1. The number of hydrogen-bond acceptors (Lipinski definition) is 4. The molecule has 2 aromatic rings. The molecular formula is C21H30N4O3S. The summed E-state index contributed by atoms with van der Waals surface area (Å²) in [5, 5.41) is 1.11. The lowest BCUT2D eigenvalue weighted by Crippen LogP contribution is -2.59. The number of nitrogens with zero attached hydrogens (tertiary/aromatic N) is 3. The number of para-hydroxylation sites is 1. The number of rotatable bonds is 5. The first-order valence-electron chi connectivity index (χ1n) is 10.4. The van der Waals surface area contributed by atoms with Crippen molar-refractivity contribution in [1.29, 1.82) is 0 Å². The van der Waals surface area contributed by atoms with Gasteiger partial charge in [0, 0.05) is 61.9 Å². The molecule has 1 aromatic heterocycles. The summed E-state index contributed by atoms with van der Waals surface area (Å²) in [6, 6.07) is 8.05. The SMILES string of the molecule is CC[C@@]1(N2CCN(C(=O)Cc3c[nH]c4ccccc34)CC2)CCN(S(C)(=O)=O)C1. The number of fused-ring (bicyclic) bond motifs is 1. The lowest BCUT2D eigenvalue weighted by Gasteiger charge is -2.45. The van der Waals surface area contributed by atoms with Gasteiger partial charge in [-0.2, -0.15) is 0 Å². The van der Waals surface area contributed by atoms with Gasteiger partial charge in [-0.3, -0.25) is 9.69 Å². The van der Waals surface area contributed by atoms with Gasteiger partial charge in [0.2, 0.25) is 15.9 Å². The first kappa shape index (κ1) is 20.4. The van der Waals surface area contributed by atoms with Crippen molar-refractivity contribution in [3.05, 3.63) is 36.0 Å². The van der Waals surface area contributed by atoms with Crippen LogP contribution >= 0.6 is 0 Å². The first-order chi connectivity index (χ1) is 13.8. The van der Waals surface area contributed by atoms with Crippen LogP contribution in [-0.2, 0) is 21.2 Å². The van der Waals surface area contributed by atoms with Gasteiger partial charge in [-0.15, -0.1) is 0 Å². The molecule has 7 nitrogen and oxygen atoms in total. The molecule has 158 valence electrons. The summed E-state index contributed by atoms with van der Waals surface area (Å²) in [6.45, 7) is 6.28. The van der Waals surface area contributed by atoms with Crippen LogP contribution in [0.1, 0.15) is 25.3 Å². The molecular weight excluding hydrogens is 388 g/mol. The van der Waals surface area contributed by atoms with Gasteiger partial charge in [0.15, 0.2) is 0 Å². The maximum absolute atomic E-state index is 12.9. The second kappa shape index (κ2) is 7.74. The largest absolute Gasteiger partial charge is 0.361 e. The Morgan fingerprint density at radius 1 is 1.14 bits per heavy atom. The summed E-state index contributed by atoms with van der Waals surface area (Å²) in [5.41, 5.74) is 1.99. The zero-order valence-electron chi connectivity index (χ0n) is 17.2. The van der Waals surface area contributed by atoms with Crippen molar-refractivity contribution in [3.8, 4) is 0 Å². The van der Waals surface area contributed by atoms with E-state index in [1.165, 1.54) is 6.26 Å². The summed E-state index contributed by atoms with van der Waals surface area (Å²) in [6.07, 6.45) is 5.41. The van der Waals surface area contributed by atoms with Gasteiger partial charge in [-0.05, 0) is 24.5 Å². The van der Waals surface area contributed by atoms with Crippen molar-refractivity contribution in [1.82, 2.24) is 19.1 Å². The first-order valence-corrected chi connectivity index (χ1v) is 12.2. The Morgan fingerprint density at radius 3 is 2.52 bits per heavy atom. The van der Waals surface area contributed by atoms with E-state index in [-0.39, 0.29) is 11.4 Å². The third-order valence-corrected chi connectivity index (χ3v) is 7.99. The molecule has 0 bridgehead atoms. The zero-order valence-corrected chi connectivity index (χ0v) is 18.0. The molecule has 8 heteroatoms. The second-order valence-electron chi connectivity index (χ2n) is 8.33. The highest BCUT2D eigenvalue weighted by Crippen LogP contribution is 2.33. The average molecular weight is 419 g/mol. The summed E-state index contributed by atoms with van der Waals surface area (Å²) < 4.78 is 25.5. The molecule has 0 saturated carbocycles. The monoisotopic (exact) mass is 418 g/mol. The van der Waals surface area contributed by atoms with Crippen LogP contribution in [0, 0.1) is 0 Å². The normalized spacial score (nSPS) is 24.4. The fourth-order valence-corrected chi connectivity index (χ4v) is 5.75. The van der Waals surface area contributed by atoms with Crippen molar-refractivity contribution < 1.29 is 13.2 Å². The number of H-pyrrole nitrogens is 1. The van der Waals surface area contributed by atoms with E-state index >= 15 is 0 Å². The fourth-order valence-electron chi connectivity index (χ4n) is 4.86. The molecule has 0 unspecified atom stereocenters. The Morgan fingerprint density at radius 2 is 1.86 bits per heavy atom. The predicted octanol–water partition coefficient (Wildman–Crippen LogP) is 1.67. The molecule has 3 heterocycles. The topological polar surface area (TPSA) is 76.7 Å². The standard InChI is InChI=1S/C21H30N4O3S/c1-3-21(8-9-25(16-21)29(2,27)28)24-12-10-23(11-13-24)20(26)14-17-15-22-19-7-5-4-6-18(17)19/h4-7,15,22H,3,8-14,16H2,1-2H3/t21-/m1/s1. The van der Waals surface area contributed by atoms with E-state index in [9.17, 15) is 13.2 Å². The highest BCUT2D eigenvalue weighted by atomic mass is 32.2. The number of nitrogens with one attached hydrogen (secondary N) is 1. The number of amides is 1. The maximum atomic E-state index is 12.9. The number of benzene rings is 1. The van der Waals surface area contributed by atoms with E-state index in [1.54, 1.807) is 4.31 Å². The number of hydrogen-bond donors (Lipinski definition) is 1. The number of aromatic amines is 1.